The lowest BCUT2D eigenvalue weighted by Crippen LogP contribution is -2.52. The van der Waals surface area contributed by atoms with Crippen LogP contribution in [0.3, 0.4) is 0 Å². The van der Waals surface area contributed by atoms with Crippen molar-refractivity contribution in [3.05, 3.63) is 93.7 Å². The largest absolute Gasteiger partial charge is 0.355 e. The molecule has 208 valence electrons. The van der Waals surface area contributed by atoms with E-state index >= 15 is 0 Å². The molecule has 0 fully saturated rings. The zero-order chi connectivity index (χ0) is 28.7. The summed E-state index contributed by atoms with van der Waals surface area (Å²) in [5.41, 5.74) is 0.932. The molecule has 0 aliphatic rings. The number of carbonyl (C=O) groups is 2. The lowest BCUT2D eigenvalue weighted by molar-refractivity contribution is -0.140. The maximum absolute atomic E-state index is 15.0. The molecule has 0 aromatic heterocycles. The molecule has 0 heterocycles. The minimum Gasteiger partial charge on any atom is -0.355 e. The van der Waals surface area contributed by atoms with E-state index in [2.05, 4.69) is 5.32 Å². The Bertz CT molecular complexity index is 1410. The normalized spacial score (nSPS) is 12.1. The Morgan fingerprint density at radius 3 is 2.13 bits per heavy atom. The molecule has 0 radical (unpaired) electrons. The number of carbonyl (C=O) groups excluding carboxylic acids is 2. The van der Waals surface area contributed by atoms with Gasteiger partial charge in [0, 0.05) is 28.7 Å². The molecule has 0 spiro atoms. The van der Waals surface area contributed by atoms with Gasteiger partial charge in [-0.3, -0.25) is 13.9 Å². The molecule has 0 aliphatic heterocycles. The molecule has 7 nitrogen and oxygen atoms in total. The number of nitrogens with one attached hydrogen (secondary N) is 1. The molecule has 39 heavy (non-hydrogen) atoms. The number of para-hydroxylation sites is 1. The maximum Gasteiger partial charge on any atom is 0.264 e. The Balaban J connectivity index is 2.11. The highest BCUT2D eigenvalue weighted by Gasteiger charge is 2.35. The summed E-state index contributed by atoms with van der Waals surface area (Å²) in [4.78, 5) is 28.0. The Labute approximate surface area is 238 Å². The predicted octanol–water partition coefficient (Wildman–Crippen LogP) is 5.58. The summed E-state index contributed by atoms with van der Waals surface area (Å²) >= 11 is 12.8. The molecule has 2 amide bonds. The van der Waals surface area contributed by atoms with Gasteiger partial charge in [-0.15, -0.1) is 0 Å². The van der Waals surface area contributed by atoms with Crippen molar-refractivity contribution in [3.63, 3.8) is 0 Å². The van der Waals surface area contributed by atoms with Crippen LogP contribution in [0.5, 0.6) is 0 Å². The molecule has 1 N–H and O–H groups in total. The minimum absolute atomic E-state index is 0.111. The average Bonchev–Trinajstić information content (AvgIpc) is 2.89. The second-order valence-corrected chi connectivity index (χ2v) is 11.5. The highest BCUT2D eigenvalue weighted by molar-refractivity contribution is 7.92. The predicted molar refractivity (Wildman–Crippen MR) is 152 cm³/mol. The van der Waals surface area contributed by atoms with E-state index in [1.54, 1.807) is 51.1 Å². The Hall–Kier alpha value is -3.14. The van der Waals surface area contributed by atoms with Gasteiger partial charge in [-0.1, -0.05) is 66.0 Å². The van der Waals surface area contributed by atoms with Gasteiger partial charge in [0.1, 0.15) is 18.4 Å². The number of rotatable bonds is 11. The number of nitrogens with zero attached hydrogens (tertiary/aromatic N) is 2. The lowest BCUT2D eigenvalue weighted by atomic mass is 10.1. The van der Waals surface area contributed by atoms with Gasteiger partial charge >= 0.3 is 0 Å². The fourth-order valence-corrected chi connectivity index (χ4v) is 6.01. The number of hydrogen-bond donors (Lipinski definition) is 1. The van der Waals surface area contributed by atoms with E-state index in [0.29, 0.717) is 12.1 Å². The van der Waals surface area contributed by atoms with Crippen LogP contribution in [0.15, 0.2) is 71.6 Å². The second kappa shape index (κ2) is 13.3. The van der Waals surface area contributed by atoms with Crippen LogP contribution in [0.25, 0.3) is 0 Å². The Morgan fingerprint density at radius 1 is 0.949 bits per heavy atom. The van der Waals surface area contributed by atoms with Crippen molar-refractivity contribution >= 4 is 50.7 Å². The first-order chi connectivity index (χ1) is 18.5. The fourth-order valence-electron chi connectivity index (χ4n) is 4.07. The summed E-state index contributed by atoms with van der Waals surface area (Å²) < 4.78 is 43.2. The van der Waals surface area contributed by atoms with Crippen molar-refractivity contribution in [2.45, 2.75) is 44.7 Å². The summed E-state index contributed by atoms with van der Waals surface area (Å²) in [5, 5.41) is 3.28. The number of anilines is 1. The topological polar surface area (TPSA) is 86.8 Å². The van der Waals surface area contributed by atoms with Crippen molar-refractivity contribution in [2.24, 2.45) is 0 Å². The number of amides is 2. The molecule has 1 atom stereocenters. The van der Waals surface area contributed by atoms with Gasteiger partial charge in [-0.2, -0.15) is 0 Å². The van der Waals surface area contributed by atoms with Crippen LogP contribution in [0.1, 0.15) is 31.4 Å². The second-order valence-electron chi connectivity index (χ2n) is 8.82. The van der Waals surface area contributed by atoms with E-state index in [4.69, 9.17) is 23.2 Å². The number of likely N-dealkylation sites (N-methyl/N-ethyl adjacent to an activating group) is 1. The third-order valence-corrected chi connectivity index (χ3v) is 8.62. The van der Waals surface area contributed by atoms with Crippen LogP contribution in [-0.4, -0.2) is 44.3 Å². The maximum atomic E-state index is 15.0. The molecule has 11 heteroatoms. The highest BCUT2D eigenvalue weighted by Crippen LogP contribution is 2.29. The summed E-state index contributed by atoms with van der Waals surface area (Å²) in [6, 6.07) is 15.2. The van der Waals surface area contributed by atoms with Gasteiger partial charge < -0.3 is 10.2 Å². The Kier molecular flexibility index (Phi) is 10.4. The van der Waals surface area contributed by atoms with Crippen LogP contribution in [-0.2, 0) is 26.2 Å². The third kappa shape index (κ3) is 7.09. The SMILES string of the molecule is CCNC(=O)[C@H](CC)N(Cc1c(Cl)cccc1Cl)C(=O)CN(c1ccccc1F)S(=O)(=O)c1ccc(C)cc1. The summed E-state index contributed by atoms with van der Waals surface area (Å²) in [5.74, 6) is -1.98. The van der Waals surface area contributed by atoms with Crippen molar-refractivity contribution < 1.29 is 22.4 Å². The molecule has 0 bridgehead atoms. The van der Waals surface area contributed by atoms with Crippen LogP contribution in [0.4, 0.5) is 10.1 Å². The fraction of sp³-hybridized carbons (Fsp3) is 0.286. The molecule has 0 aliphatic carbocycles. The van der Waals surface area contributed by atoms with E-state index in [9.17, 15) is 22.4 Å². The van der Waals surface area contributed by atoms with E-state index in [0.717, 1.165) is 15.9 Å². The van der Waals surface area contributed by atoms with Gasteiger partial charge in [0.05, 0.1) is 10.6 Å². The van der Waals surface area contributed by atoms with E-state index < -0.39 is 40.2 Å². The molecular weight excluding hydrogens is 564 g/mol. The van der Waals surface area contributed by atoms with Crippen LogP contribution in [0, 0.1) is 12.7 Å². The average molecular weight is 595 g/mol. The first kappa shape index (κ1) is 30.4. The standard InChI is InChI=1S/C28H30Cl2FN3O4S/c1-4-25(28(36)32-5-2)33(17-21-22(29)9-8-10-23(21)30)27(35)18-34(26-12-7-6-11-24(26)31)39(37,38)20-15-13-19(3)14-16-20/h6-16,25H,4-5,17-18H2,1-3H3,(H,32,36)/t25-/m0/s1. The number of sulfonamides is 1. The monoisotopic (exact) mass is 593 g/mol. The highest BCUT2D eigenvalue weighted by atomic mass is 35.5. The zero-order valence-electron chi connectivity index (χ0n) is 21.8. The molecule has 0 saturated carbocycles. The quantitative estimate of drug-likeness (QED) is 0.314. The van der Waals surface area contributed by atoms with E-state index in [-0.39, 0.29) is 33.6 Å². The Morgan fingerprint density at radius 2 is 1.56 bits per heavy atom. The van der Waals surface area contributed by atoms with Gasteiger partial charge in [0.25, 0.3) is 10.0 Å². The summed E-state index contributed by atoms with van der Waals surface area (Å²) in [6.07, 6.45) is 0.226. The molecule has 3 rings (SSSR count). The molecule has 3 aromatic rings. The minimum atomic E-state index is -4.38. The molecule has 3 aromatic carbocycles. The van der Waals surface area contributed by atoms with Gasteiger partial charge in [0.15, 0.2) is 0 Å². The zero-order valence-corrected chi connectivity index (χ0v) is 24.2. The number of benzene rings is 3. The summed E-state index contributed by atoms with van der Waals surface area (Å²) in [6.45, 7) is 4.67. The summed E-state index contributed by atoms with van der Waals surface area (Å²) in [7, 11) is -4.38. The number of halogens is 3. The van der Waals surface area contributed by atoms with Crippen LogP contribution >= 0.6 is 23.2 Å². The van der Waals surface area contributed by atoms with Crippen molar-refractivity contribution in [2.75, 3.05) is 17.4 Å². The molecule has 0 unspecified atom stereocenters. The van der Waals surface area contributed by atoms with Gasteiger partial charge in [-0.25, -0.2) is 12.8 Å². The smallest absolute Gasteiger partial charge is 0.264 e. The number of hydrogen-bond acceptors (Lipinski definition) is 4. The molecular formula is C28H30Cl2FN3O4S. The van der Waals surface area contributed by atoms with Gasteiger partial charge in [-0.05, 0) is 56.7 Å². The lowest BCUT2D eigenvalue weighted by Gasteiger charge is -2.33. The third-order valence-electron chi connectivity index (χ3n) is 6.14. The molecule has 0 saturated heterocycles. The van der Waals surface area contributed by atoms with E-state index in [1.807, 2.05) is 0 Å². The van der Waals surface area contributed by atoms with Crippen molar-refractivity contribution in [1.82, 2.24) is 10.2 Å². The van der Waals surface area contributed by atoms with Crippen LogP contribution < -0.4 is 9.62 Å². The van der Waals surface area contributed by atoms with Gasteiger partial charge in [0.2, 0.25) is 11.8 Å². The van der Waals surface area contributed by atoms with E-state index in [1.165, 1.54) is 35.2 Å². The number of aryl methyl sites for hydroxylation is 1. The van der Waals surface area contributed by atoms with Crippen LogP contribution in [0.2, 0.25) is 10.0 Å². The first-order valence-electron chi connectivity index (χ1n) is 12.3. The van der Waals surface area contributed by atoms with Crippen molar-refractivity contribution in [3.8, 4) is 0 Å². The first-order valence-corrected chi connectivity index (χ1v) is 14.5. The van der Waals surface area contributed by atoms with Crippen molar-refractivity contribution in [1.29, 1.82) is 0 Å².